The molecule has 0 aromatic heterocycles. The van der Waals surface area contributed by atoms with Crippen LogP contribution in [0.4, 0.5) is 0 Å². The molecule has 3 unspecified atom stereocenters. The van der Waals surface area contributed by atoms with Crippen LogP contribution in [0, 0.1) is 5.92 Å². The fraction of sp³-hybridized carbons (Fsp3) is 1.00. The van der Waals surface area contributed by atoms with E-state index < -0.39 is 0 Å². The number of nitrogens with zero attached hydrogens (tertiary/aromatic N) is 1. The maximum atomic E-state index is 5.88. The Bertz CT molecular complexity index is 120. The summed E-state index contributed by atoms with van der Waals surface area (Å²) in [5.41, 5.74) is 5.88. The van der Waals surface area contributed by atoms with Crippen LogP contribution >= 0.6 is 0 Å². The summed E-state index contributed by atoms with van der Waals surface area (Å²) in [6.07, 6.45) is 2.43. The Kier molecular flexibility index (Phi) is 7.20. The molecule has 0 aromatic rings. The van der Waals surface area contributed by atoms with Gasteiger partial charge in [0.15, 0.2) is 0 Å². The van der Waals surface area contributed by atoms with E-state index in [1.165, 1.54) is 12.8 Å². The second-order valence-corrected chi connectivity index (χ2v) is 4.28. The van der Waals surface area contributed by atoms with Crippen LogP contribution in [-0.4, -0.2) is 30.1 Å². The number of hydrogen-bond donors (Lipinski definition) is 1. The molecule has 14 heavy (non-hydrogen) atoms. The van der Waals surface area contributed by atoms with E-state index >= 15 is 0 Å². The van der Waals surface area contributed by atoms with E-state index in [4.69, 9.17) is 5.73 Å². The average Bonchev–Trinajstić information content (AvgIpc) is 2.23. The molecule has 0 bridgehead atoms. The lowest BCUT2D eigenvalue weighted by Gasteiger charge is -2.38. The van der Waals surface area contributed by atoms with E-state index in [1.54, 1.807) is 0 Å². The summed E-state index contributed by atoms with van der Waals surface area (Å²) < 4.78 is 0. The Morgan fingerprint density at radius 1 is 1.07 bits per heavy atom. The van der Waals surface area contributed by atoms with Crippen molar-refractivity contribution in [3.63, 3.8) is 0 Å². The lowest BCUT2D eigenvalue weighted by atomic mass is 9.96. The van der Waals surface area contributed by atoms with Crippen molar-refractivity contribution in [2.45, 2.75) is 59.5 Å². The van der Waals surface area contributed by atoms with Crippen LogP contribution in [0.5, 0.6) is 0 Å². The molecule has 86 valence electrons. The number of nitrogens with two attached hydrogens (primary N) is 1. The number of likely N-dealkylation sites (N-methyl/N-ethyl adjacent to an activating group) is 1. The van der Waals surface area contributed by atoms with Crippen LogP contribution in [0.2, 0.25) is 0 Å². The molecule has 0 saturated carbocycles. The predicted molar refractivity (Wildman–Crippen MR) is 64.4 cm³/mol. The highest BCUT2D eigenvalue weighted by molar-refractivity contribution is 4.79. The summed E-state index contributed by atoms with van der Waals surface area (Å²) in [7, 11) is 0. The molecule has 0 saturated heterocycles. The SMILES string of the molecule is CCC(C)C(CN)N(CC)C(C)CC. The second kappa shape index (κ2) is 7.24. The van der Waals surface area contributed by atoms with Gasteiger partial charge in [-0.2, -0.15) is 0 Å². The third-order valence-corrected chi connectivity index (χ3v) is 3.49. The van der Waals surface area contributed by atoms with Crippen molar-refractivity contribution in [3.05, 3.63) is 0 Å². The molecule has 0 aromatic carbocycles. The van der Waals surface area contributed by atoms with Crippen LogP contribution in [0.25, 0.3) is 0 Å². The van der Waals surface area contributed by atoms with Gasteiger partial charge in [-0.3, -0.25) is 4.90 Å². The standard InChI is InChI=1S/C12H28N2/c1-6-10(4)12(9-13)14(8-3)11(5)7-2/h10-12H,6-9,13H2,1-5H3. The first kappa shape index (κ1) is 13.9. The van der Waals surface area contributed by atoms with Crippen molar-refractivity contribution < 1.29 is 0 Å². The maximum absolute atomic E-state index is 5.88. The molecule has 2 nitrogen and oxygen atoms in total. The van der Waals surface area contributed by atoms with Gasteiger partial charge < -0.3 is 5.73 Å². The monoisotopic (exact) mass is 200 g/mol. The van der Waals surface area contributed by atoms with Gasteiger partial charge in [-0.05, 0) is 25.8 Å². The van der Waals surface area contributed by atoms with Crippen LogP contribution in [0.15, 0.2) is 0 Å². The first-order valence-electron chi connectivity index (χ1n) is 6.07. The van der Waals surface area contributed by atoms with Gasteiger partial charge in [-0.15, -0.1) is 0 Å². The van der Waals surface area contributed by atoms with Crippen molar-refractivity contribution in [2.24, 2.45) is 11.7 Å². The average molecular weight is 200 g/mol. The third kappa shape index (κ3) is 3.58. The summed E-state index contributed by atoms with van der Waals surface area (Å²) in [4.78, 5) is 2.55. The van der Waals surface area contributed by atoms with Crippen LogP contribution in [0.3, 0.4) is 0 Å². The van der Waals surface area contributed by atoms with Gasteiger partial charge in [-0.25, -0.2) is 0 Å². The number of rotatable bonds is 7. The fourth-order valence-electron chi connectivity index (χ4n) is 2.07. The molecular formula is C12H28N2. The van der Waals surface area contributed by atoms with Gasteiger partial charge in [0.1, 0.15) is 0 Å². The lowest BCUT2D eigenvalue weighted by molar-refractivity contribution is 0.111. The molecular weight excluding hydrogens is 172 g/mol. The zero-order valence-corrected chi connectivity index (χ0v) is 10.6. The van der Waals surface area contributed by atoms with Crippen LogP contribution in [-0.2, 0) is 0 Å². The van der Waals surface area contributed by atoms with Crippen LogP contribution in [0.1, 0.15) is 47.5 Å². The molecule has 0 heterocycles. The largest absolute Gasteiger partial charge is 0.329 e. The highest BCUT2D eigenvalue weighted by Gasteiger charge is 2.23. The first-order valence-corrected chi connectivity index (χ1v) is 6.07. The van der Waals surface area contributed by atoms with Gasteiger partial charge in [0.05, 0.1) is 0 Å². The van der Waals surface area contributed by atoms with E-state index in [9.17, 15) is 0 Å². The highest BCUT2D eigenvalue weighted by atomic mass is 15.2. The second-order valence-electron chi connectivity index (χ2n) is 4.28. The Hall–Kier alpha value is -0.0800. The summed E-state index contributed by atoms with van der Waals surface area (Å²) in [5, 5.41) is 0. The minimum Gasteiger partial charge on any atom is -0.329 e. The van der Waals surface area contributed by atoms with Crippen molar-refractivity contribution >= 4 is 0 Å². The zero-order chi connectivity index (χ0) is 11.1. The van der Waals surface area contributed by atoms with E-state index in [0.717, 1.165) is 13.1 Å². The highest BCUT2D eigenvalue weighted by Crippen LogP contribution is 2.17. The van der Waals surface area contributed by atoms with Gasteiger partial charge in [0.2, 0.25) is 0 Å². The molecule has 0 aliphatic rings. The Balaban J connectivity index is 4.43. The summed E-state index contributed by atoms with van der Waals surface area (Å²) in [6.45, 7) is 13.2. The van der Waals surface area contributed by atoms with Gasteiger partial charge in [0, 0.05) is 18.6 Å². The Morgan fingerprint density at radius 2 is 1.64 bits per heavy atom. The van der Waals surface area contributed by atoms with Gasteiger partial charge >= 0.3 is 0 Å². The quantitative estimate of drug-likeness (QED) is 0.684. The van der Waals surface area contributed by atoms with E-state index in [-0.39, 0.29) is 0 Å². The minimum atomic E-state index is 0.556. The van der Waals surface area contributed by atoms with Gasteiger partial charge in [0.25, 0.3) is 0 Å². The summed E-state index contributed by atoms with van der Waals surface area (Å²) in [5.74, 6) is 0.703. The molecule has 0 radical (unpaired) electrons. The molecule has 0 aliphatic carbocycles. The molecule has 3 atom stereocenters. The van der Waals surface area contributed by atoms with Crippen molar-refractivity contribution in [1.29, 1.82) is 0 Å². The lowest BCUT2D eigenvalue weighted by Crippen LogP contribution is -2.48. The smallest absolute Gasteiger partial charge is 0.0246 e. The maximum Gasteiger partial charge on any atom is 0.0246 e. The number of hydrogen-bond acceptors (Lipinski definition) is 2. The van der Waals surface area contributed by atoms with E-state index in [2.05, 4.69) is 39.5 Å². The molecule has 2 heteroatoms. The molecule has 2 N–H and O–H groups in total. The predicted octanol–water partition coefficient (Wildman–Crippen LogP) is 2.48. The molecule has 0 aliphatic heterocycles. The minimum absolute atomic E-state index is 0.556. The summed E-state index contributed by atoms with van der Waals surface area (Å²) in [6, 6.07) is 1.21. The zero-order valence-electron chi connectivity index (χ0n) is 10.6. The Labute approximate surface area is 89.9 Å². The normalized spacial score (nSPS) is 18.2. The third-order valence-electron chi connectivity index (χ3n) is 3.49. The van der Waals surface area contributed by atoms with E-state index in [1.807, 2.05) is 0 Å². The Morgan fingerprint density at radius 3 is 1.93 bits per heavy atom. The van der Waals surface area contributed by atoms with Crippen molar-refractivity contribution in [1.82, 2.24) is 4.90 Å². The molecule has 0 amide bonds. The summed E-state index contributed by atoms with van der Waals surface area (Å²) >= 11 is 0. The fourth-order valence-corrected chi connectivity index (χ4v) is 2.07. The van der Waals surface area contributed by atoms with Crippen LogP contribution < -0.4 is 5.73 Å². The topological polar surface area (TPSA) is 29.3 Å². The van der Waals surface area contributed by atoms with Gasteiger partial charge in [-0.1, -0.05) is 34.1 Å². The van der Waals surface area contributed by atoms with Crippen molar-refractivity contribution in [2.75, 3.05) is 13.1 Å². The first-order chi connectivity index (χ1) is 6.62. The molecule has 0 fully saturated rings. The molecule has 0 spiro atoms. The van der Waals surface area contributed by atoms with E-state index in [0.29, 0.717) is 18.0 Å². The molecule has 0 rings (SSSR count). The van der Waals surface area contributed by atoms with Crippen molar-refractivity contribution in [3.8, 4) is 0 Å².